The molecule has 1 aliphatic rings. The van der Waals surface area contributed by atoms with Gasteiger partial charge in [0.2, 0.25) is 10.0 Å². The molecular weight excluding hydrogens is 178 g/mol. The van der Waals surface area contributed by atoms with E-state index in [9.17, 15) is 8.42 Å². The molecular formula is C7H15NO3S. The summed E-state index contributed by atoms with van der Waals surface area (Å²) in [5, 5.41) is -0.337. The summed E-state index contributed by atoms with van der Waals surface area (Å²) in [5.41, 5.74) is 0. The maximum Gasteiger partial charge on any atom is 0.238 e. The molecule has 1 aliphatic heterocycles. The molecule has 0 bridgehead atoms. The summed E-state index contributed by atoms with van der Waals surface area (Å²) in [6.07, 6.45) is 1.43. The van der Waals surface area contributed by atoms with Crippen molar-refractivity contribution in [3.8, 4) is 0 Å². The van der Waals surface area contributed by atoms with Crippen molar-refractivity contribution >= 4 is 10.0 Å². The van der Waals surface area contributed by atoms with Crippen LogP contribution in [-0.4, -0.2) is 31.3 Å². The van der Waals surface area contributed by atoms with Crippen molar-refractivity contribution in [2.24, 2.45) is 0 Å². The predicted octanol–water partition coefficient (Wildman–Crippen LogP) is 0.752. The van der Waals surface area contributed by atoms with Gasteiger partial charge in [-0.1, -0.05) is 11.4 Å². The first kappa shape index (κ1) is 9.95. The van der Waals surface area contributed by atoms with E-state index in [-0.39, 0.29) is 5.25 Å². The van der Waals surface area contributed by atoms with Crippen LogP contribution in [0.3, 0.4) is 0 Å². The zero-order chi connectivity index (χ0) is 9.19. The molecule has 0 spiro atoms. The Morgan fingerprint density at radius 1 is 1.58 bits per heavy atom. The van der Waals surface area contributed by atoms with Crippen LogP contribution in [0.15, 0.2) is 0 Å². The van der Waals surface area contributed by atoms with Crippen LogP contribution >= 0.6 is 0 Å². The third kappa shape index (κ3) is 1.78. The molecule has 0 aromatic rings. The minimum atomic E-state index is -3.18. The van der Waals surface area contributed by atoms with E-state index in [0.29, 0.717) is 19.6 Å². The van der Waals surface area contributed by atoms with E-state index in [0.717, 1.165) is 10.9 Å². The highest BCUT2D eigenvalue weighted by Gasteiger charge is 2.30. The first-order chi connectivity index (χ1) is 5.59. The first-order valence-corrected chi connectivity index (χ1v) is 5.74. The highest BCUT2D eigenvalue weighted by atomic mass is 32.2. The molecule has 5 heteroatoms. The van der Waals surface area contributed by atoms with Gasteiger partial charge in [-0.25, -0.2) is 8.42 Å². The van der Waals surface area contributed by atoms with Crippen molar-refractivity contribution in [1.29, 1.82) is 0 Å². The molecule has 12 heavy (non-hydrogen) atoms. The third-order valence-electron chi connectivity index (χ3n) is 2.09. The van der Waals surface area contributed by atoms with Crippen molar-refractivity contribution in [2.75, 3.05) is 13.2 Å². The number of rotatable bonds is 3. The highest BCUT2D eigenvalue weighted by Crippen LogP contribution is 2.16. The number of sulfonamides is 1. The molecule has 0 amide bonds. The first-order valence-electron chi connectivity index (χ1n) is 4.23. The average molecular weight is 193 g/mol. The second kappa shape index (κ2) is 3.72. The van der Waals surface area contributed by atoms with Crippen LogP contribution in [-0.2, 0) is 14.9 Å². The summed E-state index contributed by atoms with van der Waals surface area (Å²) < 4.78 is 24.3. The Bertz CT molecular complexity index is 231. The Labute approximate surface area is 73.5 Å². The van der Waals surface area contributed by atoms with E-state index in [4.69, 9.17) is 4.84 Å². The molecule has 72 valence electrons. The lowest BCUT2D eigenvalue weighted by Gasteiger charge is -2.18. The van der Waals surface area contributed by atoms with Crippen LogP contribution in [0.4, 0.5) is 0 Å². The fourth-order valence-corrected chi connectivity index (χ4v) is 2.46. The van der Waals surface area contributed by atoms with Crippen LogP contribution in [0, 0.1) is 0 Å². The Kier molecular flexibility index (Phi) is 3.09. The van der Waals surface area contributed by atoms with Crippen molar-refractivity contribution in [3.05, 3.63) is 0 Å². The number of hydrogen-bond acceptors (Lipinski definition) is 3. The molecule has 1 fully saturated rings. The fourth-order valence-electron chi connectivity index (χ4n) is 1.04. The van der Waals surface area contributed by atoms with E-state index < -0.39 is 10.0 Å². The van der Waals surface area contributed by atoms with Gasteiger partial charge in [-0.3, -0.25) is 4.84 Å². The zero-order valence-corrected chi connectivity index (χ0v) is 8.30. The molecule has 0 aromatic heterocycles. The van der Waals surface area contributed by atoms with Crippen LogP contribution in [0.25, 0.3) is 0 Å². The summed E-state index contributed by atoms with van der Waals surface area (Å²) >= 11 is 0. The van der Waals surface area contributed by atoms with Gasteiger partial charge in [0.15, 0.2) is 0 Å². The van der Waals surface area contributed by atoms with E-state index in [1.165, 1.54) is 0 Å². The predicted molar refractivity (Wildman–Crippen MR) is 45.9 cm³/mol. The second-order valence-electron chi connectivity index (χ2n) is 2.98. The van der Waals surface area contributed by atoms with Crippen LogP contribution < -0.4 is 0 Å². The van der Waals surface area contributed by atoms with E-state index in [1.54, 1.807) is 6.92 Å². The number of nitrogens with zero attached hydrogens (tertiary/aromatic N) is 1. The average Bonchev–Trinajstić information content (AvgIpc) is 2.55. The molecule has 0 saturated carbocycles. The molecule has 1 unspecified atom stereocenters. The van der Waals surface area contributed by atoms with Gasteiger partial charge in [0.05, 0.1) is 11.9 Å². The monoisotopic (exact) mass is 193 g/mol. The molecule has 1 heterocycles. The largest absolute Gasteiger partial charge is 0.284 e. The van der Waals surface area contributed by atoms with Crippen LogP contribution in [0.1, 0.15) is 26.7 Å². The third-order valence-corrected chi connectivity index (χ3v) is 4.29. The second-order valence-corrected chi connectivity index (χ2v) is 5.22. The lowest BCUT2D eigenvalue weighted by atomic mass is 10.4. The van der Waals surface area contributed by atoms with Gasteiger partial charge in [0.1, 0.15) is 0 Å². The molecule has 1 atom stereocenters. The molecule has 0 radical (unpaired) electrons. The summed E-state index contributed by atoms with van der Waals surface area (Å²) in [7, 11) is -3.18. The minimum absolute atomic E-state index is 0.337. The van der Waals surface area contributed by atoms with Gasteiger partial charge in [-0.05, 0) is 19.8 Å². The summed E-state index contributed by atoms with van der Waals surface area (Å²) in [4.78, 5) is 4.99. The highest BCUT2D eigenvalue weighted by molar-refractivity contribution is 7.89. The zero-order valence-electron chi connectivity index (χ0n) is 7.49. The molecule has 1 saturated heterocycles. The quantitative estimate of drug-likeness (QED) is 0.664. The Hall–Kier alpha value is -0.130. The van der Waals surface area contributed by atoms with Gasteiger partial charge in [0, 0.05) is 6.54 Å². The van der Waals surface area contributed by atoms with Gasteiger partial charge in [-0.2, -0.15) is 0 Å². The van der Waals surface area contributed by atoms with Crippen molar-refractivity contribution in [2.45, 2.75) is 31.9 Å². The van der Waals surface area contributed by atoms with Gasteiger partial charge in [0.25, 0.3) is 0 Å². The molecule has 0 aromatic carbocycles. The van der Waals surface area contributed by atoms with E-state index in [2.05, 4.69) is 0 Å². The number of hydrogen-bond donors (Lipinski definition) is 0. The van der Waals surface area contributed by atoms with E-state index >= 15 is 0 Å². The molecule has 0 N–H and O–H groups in total. The Morgan fingerprint density at radius 3 is 2.67 bits per heavy atom. The van der Waals surface area contributed by atoms with Crippen LogP contribution in [0.2, 0.25) is 0 Å². The summed E-state index contributed by atoms with van der Waals surface area (Å²) in [6.45, 7) is 4.59. The van der Waals surface area contributed by atoms with Gasteiger partial charge >= 0.3 is 0 Å². The van der Waals surface area contributed by atoms with Gasteiger partial charge < -0.3 is 0 Å². The summed E-state index contributed by atoms with van der Waals surface area (Å²) in [6, 6.07) is 0. The van der Waals surface area contributed by atoms with Crippen LogP contribution in [0.5, 0.6) is 0 Å². The fraction of sp³-hybridized carbons (Fsp3) is 1.00. The Morgan fingerprint density at radius 2 is 2.25 bits per heavy atom. The van der Waals surface area contributed by atoms with Crippen molar-refractivity contribution < 1.29 is 13.3 Å². The summed E-state index contributed by atoms with van der Waals surface area (Å²) in [5.74, 6) is 0. The van der Waals surface area contributed by atoms with Crippen molar-refractivity contribution in [1.82, 2.24) is 4.47 Å². The smallest absolute Gasteiger partial charge is 0.238 e. The normalized spacial score (nSPS) is 22.8. The molecule has 0 aliphatic carbocycles. The lowest BCUT2D eigenvalue weighted by molar-refractivity contribution is -0.0292. The van der Waals surface area contributed by atoms with E-state index in [1.807, 2.05) is 6.92 Å². The standard InChI is InChI=1S/C7H15NO3S/c1-3-7(2)12(9,10)8-5-4-6-11-8/h7H,3-6H2,1-2H3. The topological polar surface area (TPSA) is 46.6 Å². The minimum Gasteiger partial charge on any atom is -0.284 e. The Balaban J connectivity index is 2.70. The SMILES string of the molecule is CCC(C)S(=O)(=O)N1CCCO1. The van der Waals surface area contributed by atoms with Crippen molar-refractivity contribution in [3.63, 3.8) is 0 Å². The maximum absolute atomic E-state index is 11.6. The van der Waals surface area contributed by atoms with Gasteiger partial charge in [-0.15, -0.1) is 0 Å². The molecule has 4 nitrogen and oxygen atoms in total. The lowest BCUT2D eigenvalue weighted by Crippen LogP contribution is -2.34. The molecule has 1 rings (SSSR count). The maximum atomic E-state index is 11.6. The number of hydroxylamine groups is 1.